The molecule has 5 rings (SSSR count). The molecule has 1 aromatic rings. The number of amides is 2. The van der Waals surface area contributed by atoms with Crippen molar-refractivity contribution in [3.05, 3.63) is 33.1 Å². The van der Waals surface area contributed by atoms with Gasteiger partial charge in [-0.3, -0.25) is 29.0 Å². The molecule has 1 aromatic carbocycles. The number of phenolic OH excluding ortho intramolecular Hbond substituents is 1. The molecule has 4 atom stereocenters. The van der Waals surface area contributed by atoms with Gasteiger partial charge in [-0.1, -0.05) is 11.6 Å². The number of nitrogens with zero attached hydrogens (tertiary/aromatic N) is 3. The van der Waals surface area contributed by atoms with Gasteiger partial charge in [-0.25, -0.2) is 0 Å². The average Bonchev–Trinajstić information content (AvgIpc) is 3.41. The number of benzene rings is 1. The van der Waals surface area contributed by atoms with Crippen LogP contribution < -0.4 is 16.0 Å². The first kappa shape index (κ1) is 30.8. The van der Waals surface area contributed by atoms with Gasteiger partial charge in [0.05, 0.1) is 28.9 Å². The lowest BCUT2D eigenvalue weighted by Gasteiger charge is -2.50. The monoisotopic (exact) mass is 617 g/mol. The van der Waals surface area contributed by atoms with Gasteiger partial charge in [0.15, 0.2) is 17.1 Å². The molecule has 43 heavy (non-hydrogen) atoms. The smallest absolute Gasteiger partial charge is 0.255 e. The summed E-state index contributed by atoms with van der Waals surface area (Å²) in [5.41, 5.74) is 1.96. The predicted octanol–water partition coefficient (Wildman–Crippen LogP) is 0.718. The quantitative estimate of drug-likeness (QED) is 0.194. The van der Waals surface area contributed by atoms with Crippen molar-refractivity contribution in [2.24, 2.45) is 17.6 Å². The zero-order valence-corrected chi connectivity index (χ0v) is 25.2. The lowest BCUT2D eigenvalue weighted by atomic mass is 9.57. The number of rotatable bonds is 6. The van der Waals surface area contributed by atoms with E-state index in [0.29, 0.717) is 11.3 Å². The number of aliphatic hydroxyl groups is 3. The number of nitrogens with two attached hydrogens (primary N) is 1. The molecule has 2 amide bonds. The Hall–Kier alpha value is -3.65. The van der Waals surface area contributed by atoms with Crippen molar-refractivity contribution in [1.29, 1.82) is 0 Å². The molecule has 232 valence electrons. The summed E-state index contributed by atoms with van der Waals surface area (Å²) in [6.45, 7) is 1.60. The summed E-state index contributed by atoms with van der Waals surface area (Å²) in [5, 5.41) is 48.6. The molecule has 1 aliphatic heterocycles. The standard InChI is InChI=1S/C29H36ClN5O8/c1-33(2)21-13-9-12-10-14-22(34(3)4)25(39)18(28(31)42)27(41)29(14,43)26(40)16(12)23(37)17(13)24(38)20(19(21)30)32-15(36)11-35-7-5-6-8-35/h12,14,22,37-38,41,43H,5-11H2,1-4H3,(H2,31,42)(H,32,36)/t12?,14?,22-,29-/m0/s1. The van der Waals surface area contributed by atoms with Crippen molar-refractivity contribution >= 4 is 52.1 Å². The number of hydrogen-bond acceptors (Lipinski definition) is 11. The number of phenols is 1. The number of hydrogen-bond donors (Lipinski definition) is 6. The number of primary amides is 1. The Morgan fingerprint density at radius 2 is 1.74 bits per heavy atom. The summed E-state index contributed by atoms with van der Waals surface area (Å²) in [6, 6.07) is -1.18. The number of likely N-dealkylation sites (N-methyl/N-ethyl adjacent to an activating group) is 1. The van der Waals surface area contributed by atoms with Crippen molar-refractivity contribution in [2.75, 3.05) is 58.0 Å². The van der Waals surface area contributed by atoms with Crippen LogP contribution in [0.15, 0.2) is 16.9 Å². The first-order valence-corrected chi connectivity index (χ1v) is 14.4. The Balaban J connectivity index is 1.68. The van der Waals surface area contributed by atoms with Crippen LogP contribution in [0.4, 0.5) is 11.4 Å². The lowest BCUT2D eigenvalue weighted by Crippen LogP contribution is -2.65. The SMILES string of the molecule is CN(C)c1c(Cl)c(NC(=O)CN2CCCC2)c(O)c2c1CC1CC3[C@H](N(C)C)C(=O)C(C(N)=O)=C(O)[C@@]3(O)C(=O)C1=C2O. The van der Waals surface area contributed by atoms with E-state index in [1.165, 1.54) is 19.0 Å². The van der Waals surface area contributed by atoms with E-state index in [4.69, 9.17) is 17.3 Å². The van der Waals surface area contributed by atoms with Gasteiger partial charge in [0.25, 0.3) is 5.91 Å². The average molecular weight is 618 g/mol. The number of aliphatic hydroxyl groups excluding tert-OH is 2. The Bertz CT molecular complexity index is 1510. The van der Waals surface area contributed by atoms with Gasteiger partial charge in [-0.05, 0) is 64.3 Å². The number of nitrogens with one attached hydrogen (secondary N) is 1. The van der Waals surface area contributed by atoms with Gasteiger partial charge < -0.3 is 36.4 Å². The number of likely N-dealkylation sites (tertiary alicyclic amines) is 1. The van der Waals surface area contributed by atoms with Crippen LogP contribution in [0.5, 0.6) is 5.75 Å². The summed E-state index contributed by atoms with van der Waals surface area (Å²) in [4.78, 5) is 57.5. The molecule has 1 saturated heterocycles. The third-order valence-electron chi connectivity index (χ3n) is 9.08. The molecule has 0 spiro atoms. The van der Waals surface area contributed by atoms with Crippen LogP contribution >= 0.6 is 11.6 Å². The van der Waals surface area contributed by atoms with Crippen molar-refractivity contribution in [1.82, 2.24) is 9.80 Å². The van der Waals surface area contributed by atoms with E-state index in [-0.39, 0.29) is 41.2 Å². The Labute approximate surface area is 253 Å². The maximum absolute atomic E-state index is 14.1. The van der Waals surface area contributed by atoms with Gasteiger partial charge in [0, 0.05) is 25.6 Å². The van der Waals surface area contributed by atoms with E-state index in [9.17, 15) is 39.6 Å². The minimum Gasteiger partial charge on any atom is -0.508 e. The topological polar surface area (TPSA) is 197 Å². The zero-order valence-electron chi connectivity index (χ0n) is 24.4. The predicted molar refractivity (Wildman–Crippen MR) is 158 cm³/mol. The van der Waals surface area contributed by atoms with Crippen LogP contribution in [-0.4, -0.2) is 113 Å². The number of anilines is 2. The molecule has 1 saturated carbocycles. The van der Waals surface area contributed by atoms with Crippen LogP contribution in [0.25, 0.3) is 5.76 Å². The molecule has 4 aliphatic rings. The van der Waals surface area contributed by atoms with E-state index in [1.54, 1.807) is 19.0 Å². The Morgan fingerprint density at radius 1 is 1.12 bits per heavy atom. The van der Waals surface area contributed by atoms with Crippen molar-refractivity contribution in [3.63, 3.8) is 0 Å². The largest absolute Gasteiger partial charge is 0.508 e. The van der Waals surface area contributed by atoms with E-state index in [2.05, 4.69) is 5.32 Å². The molecule has 2 fully saturated rings. The molecule has 13 nitrogen and oxygen atoms in total. The first-order chi connectivity index (χ1) is 20.1. The lowest BCUT2D eigenvalue weighted by molar-refractivity contribution is -0.153. The second kappa shape index (κ2) is 10.8. The van der Waals surface area contributed by atoms with E-state index in [1.807, 2.05) is 4.90 Å². The summed E-state index contributed by atoms with van der Waals surface area (Å²) in [5.74, 6) is -8.01. The van der Waals surface area contributed by atoms with Crippen molar-refractivity contribution < 1.29 is 39.6 Å². The zero-order chi connectivity index (χ0) is 31.7. The fraction of sp³-hybridized carbons (Fsp3) is 0.517. The molecule has 0 bridgehead atoms. The fourth-order valence-electron chi connectivity index (χ4n) is 7.23. The summed E-state index contributed by atoms with van der Waals surface area (Å²) in [6.07, 6.45) is 1.96. The third kappa shape index (κ3) is 4.57. The number of Topliss-reactive ketones (excluding diaryl/α,β-unsaturated/α-hetero) is 2. The molecular weight excluding hydrogens is 582 g/mol. The van der Waals surface area contributed by atoms with Gasteiger partial charge in [0.2, 0.25) is 11.7 Å². The number of carbonyl (C=O) groups excluding carboxylic acids is 4. The van der Waals surface area contributed by atoms with Gasteiger partial charge in [0.1, 0.15) is 22.8 Å². The summed E-state index contributed by atoms with van der Waals surface area (Å²) in [7, 11) is 6.47. The van der Waals surface area contributed by atoms with Gasteiger partial charge in [-0.15, -0.1) is 0 Å². The number of ketones is 2. The highest BCUT2D eigenvalue weighted by Crippen LogP contribution is 2.56. The number of halogens is 1. The van der Waals surface area contributed by atoms with Gasteiger partial charge in [-0.2, -0.15) is 0 Å². The minimum absolute atomic E-state index is 0.0385. The first-order valence-electron chi connectivity index (χ1n) is 14.0. The molecule has 0 radical (unpaired) electrons. The highest BCUT2D eigenvalue weighted by Gasteiger charge is 2.64. The van der Waals surface area contributed by atoms with Gasteiger partial charge >= 0.3 is 0 Å². The highest BCUT2D eigenvalue weighted by molar-refractivity contribution is 6.37. The van der Waals surface area contributed by atoms with Crippen LogP contribution in [-0.2, 0) is 25.6 Å². The van der Waals surface area contributed by atoms with Crippen molar-refractivity contribution in [2.45, 2.75) is 37.3 Å². The molecule has 7 N–H and O–H groups in total. The summed E-state index contributed by atoms with van der Waals surface area (Å²) >= 11 is 6.77. The van der Waals surface area contributed by atoms with Crippen LogP contribution in [0.2, 0.25) is 5.02 Å². The van der Waals surface area contributed by atoms with Crippen LogP contribution in [0, 0.1) is 11.8 Å². The number of carbonyl (C=O) groups is 4. The molecule has 2 unspecified atom stereocenters. The molecule has 3 aliphatic carbocycles. The highest BCUT2D eigenvalue weighted by atomic mass is 35.5. The normalized spacial score (nSPS) is 27.3. The van der Waals surface area contributed by atoms with E-state index < -0.39 is 69.7 Å². The Morgan fingerprint density at radius 3 is 2.30 bits per heavy atom. The van der Waals surface area contributed by atoms with Crippen LogP contribution in [0.3, 0.4) is 0 Å². The number of fused-ring (bicyclic) bond motifs is 3. The fourth-order valence-corrected chi connectivity index (χ4v) is 7.65. The van der Waals surface area contributed by atoms with E-state index in [0.717, 1.165) is 25.9 Å². The van der Waals surface area contributed by atoms with Crippen LogP contribution in [0.1, 0.15) is 30.4 Å². The van der Waals surface area contributed by atoms with E-state index >= 15 is 0 Å². The maximum atomic E-state index is 14.1. The Kier molecular flexibility index (Phi) is 7.74. The second-order valence-electron chi connectivity index (χ2n) is 12.1. The minimum atomic E-state index is -2.75. The third-order valence-corrected chi connectivity index (χ3v) is 9.45. The van der Waals surface area contributed by atoms with Crippen molar-refractivity contribution in [3.8, 4) is 5.75 Å². The maximum Gasteiger partial charge on any atom is 0.255 e. The molecule has 14 heteroatoms. The second-order valence-corrected chi connectivity index (χ2v) is 12.5. The summed E-state index contributed by atoms with van der Waals surface area (Å²) < 4.78 is 0. The molecule has 1 heterocycles. The molecule has 0 aromatic heterocycles. The number of aromatic hydroxyl groups is 1. The molecular formula is C29H36ClN5O8.